The smallest absolute Gasteiger partial charge is 0.378 e. The van der Waals surface area contributed by atoms with Crippen LogP contribution in [0, 0.1) is 6.92 Å². The van der Waals surface area contributed by atoms with Crippen molar-refractivity contribution < 1.29 is 17.9 Å². The van der Waals surface area contributed by atoms with E-state index in [0.717, 1.165) is 11.3 Å². The van der Waals surface area contributed by atoms with Crippen LogP contribution in [-0.4, -0.2) is 31.3 Å². The number of halogens is 3. The van der Waals surface area contributed by atoms with Gasteiger partial charge in [-0.15, -0.1) is 11.3 Å². The predicted molar refractivity (Wildman–Crippen MR) is 59.2 cm³/mol. The van der Waals surface area contributed by atoms with E-state index in [1.54, 1.807) is 0 Å². The average Bonchev–Trinajstić information content (AvgIpc) is 2.74. The number of hydrogen-bond acceptors (Lipinski definition) is 4. The first-order valence-electron chi connectivity index (χ1n) is 5.21. The summed E-state index contributed by atoms with van der Waals surface area (Å²) in [5, 5.41) is 0.416. The molecule has 0 unspecified atom stereocenters. The van der Waals surface area contributed by atoms with E-state index in [2.05, 4.69) is 11.9 Å². The van der Waals surface area contributed by atoms with Crippen molar-refractivity contribution in [3.8, 4) is 0 Å². The molecule has 0 spiro atoms. The quantitative estimate of drug-likeness (QED) is 0.821. The molecule has 2 heterocycles. The average molecular weight is 265 g/mol. The fourth-order valence-corrected chi connectivity index (χ4v) is 2.65. The highest BCUT2D eigenvalue weighted by Gasteiger charge is 2.37. The lowest BCUT2D eigenvalue weighted by Crippen LogP contribution is -2.36. The van der Waals surface area contributed by atoms with Crippen molar-refractivity contribution in [2.45, 2.75) is 12.6 Å². The molecule has 0 N–H and O–H groups in total. The monoisotopic (exact) mass is 265 g/mol. The summed E-state index contributed by atoms with van der Waals surface area (Å²) in [5.41, 5.74) is -0.793. The summed E-state index contributed by atoms with van der Waals surface area (Å²) in [6, 6.07) is 0. The van der Waals surface area contributed by atoms with Gasteiger partial charge in [-0.2, -0.15) is 13.2 Å². The topological polar surface area (TPSA) is 25.4 Å². The molecule has 0 bridgehead atoms. The molecule has 1 aliphatic rings. The third-order valence-electron chi connectivity index (χ3n) is 2.46. The summed E-state index contributed by atoms with van der Waals surface area (Å²) in [6.45, 7) is 5.74. The molecule has 0 saturated carbocycles. The molecule has 1 saturated heterocycles. The second-order valence-electron chi connectivity index (χ2n) is 3.62. The van der Waals surface area contributed by atoms with Gasteiger partial charge in [0.2, 0.25) is 0 Å². The molecule has 3 nitrogen and oxygen atoms in total. The summed E-state index contributed by atoms with van der Waals surface area (Å²) < 4.78 is 43.2. The molecule has 95 valence electrons. The summed E-state index contributed by atoms with van der Waals surface area (Å²) in [4.78, 5) is 5.72. The number of ether oxygens (including phenoxy) is 1. The largest absolute Gasteiger partial charge is 0.434 e. The second-order valence-corrected chi connectivity index (χ2v) is 4.68. The summed E-state index contributed by atoms with van der Waals surface area (Å²) in [6.07, 6.45) is -4.29. The normalized spacial score (nSPS) is 17.5. The van der Waals surface area contributed by atoms with Crippen LogP contribution in [0.1, 0.15) is 10.6 Å². The van der Waals surface area contributed by atoms with Crippen molar-refractivity contribution in [3.63, 3.8) is 0 Å². The van der Waals surface area contributed by atoms with Crippen LogP contribution in [0.2, 0.25) is 0 Å². The van der Waals surface area contributed by atoms with Crippen LogP contribution in [0.5, 0.6) is 0 Å². The predicted octanol–water partition coefficient (Wildman–Crippen LogP) is 2.38. The molecule has 1 aliphatic heterocycles. The van der Waals surface area contributed by atoms with E-state index < -0.39 is 11.9 Å². The highest BCUT2D eigenvalue weighted by Crippen LogP contribution is 2.37. The number of anilines is 1. The molecule has 17 heavy (non-hydrogen) atoms. The molecule has 0 aromatic carbocycles. The van der Waals surface area contributed by atoms with Gasteiger partial charge in [-0.25, -0.2) is 4.98 Å². The van der Waals surface area contributed by atoms with E-state index in [-0.39, 0.29) is 11.3 Å². The Bertz CT molecular complexity index is 385. The van der Waals surface area contributed by atoms with Gasteiger partial charge in [-0.05, 0) is 13.3 Å². The Kier molecular flexibility index (Phi) is 3.58. The molecule has 1 radical (unpaired) electrons. The first kappa shape index (κ1) is 12.6. The number of morpholine rings is 1. The number of nitrogens with zero attached hydrogens (tertiary/aromatic N) is 2. The molecule has 0 amide bonds. The third-order valence-corrected chi connectivity index (χ3v) is 3.64. The van der Waals surface area contributed by atoms with Crippen LogP contribution < -0.4 is 4.90 Å². The molecule has 0 aliphatic carbocycles. The first-order valence-corrected chi connectivity index (χ1v) is 6.03. The van der Waals surface area contributed by atoms with Crippen molar-refractivity contribution in [1.29, 1.82) is 0 Å². The SMILES string of the molecule is [CH2]Cc1sc(N2CCOCC2)nc1C(F)(F)F. The zero-order valence-corrected chi connectivity index (χ0v) is 9.90. The van der Waals surface area contributed by atoms with Gasteiger partial charge in [0.1, 0.15) is 0 Å². The molecular weight excluding hydrogens is 253 g/mol. The Labute approximate surface area is 101 Å². The van der Waals surface area contributed by atoms with Crippen molar-refractivity contribution >= 4 is 16.5 Å². The molecule has 1 fully saturated rings. The maximum atomic E-state index is 12.7. The molecule has 1 aromatic rings. The van der Waals surface area contributed by atoms with Crippen molar-refractivity contribution in [2.24, 2.45) is 0 Å². The standard InChI is InChI=1S/C10H12F3N2OS/c1-2-7-8(10(11,12)13)14-9(17-7)15-3-5-16-6-4-15/h1-6H2. The zero-order chi connectivity index (χ0) is 12.5. The number of alkyl halides is 3. The Balaban J connectivity index is 2.27. The van der Waals surface area contributed by atoms with Gasteiger partial charge in [-0.1, -0.05) is 0 Å². The summed E-state index contributed by atoms with van der Waals surface area (Å²) >= 11 is 1.07. The van der Waals surface area contributed by atoms with Crippen molar-refractivity contribution in [2.75, 3.05) is 31.2 Å². The van der Waals surface area contributed by atoms with Crippen LogP contribution in [0.25, 0.3) is 0 Å². The molecule has 1 aromatic heterocycles. The van der Waals surface area contributed by atoms with Gasteiger partial charge in [0.05, 0.1) is 13.2 Å². The molecule has 7 heteroatoms. The van der Waals surface area contributed by atoms with E-state index in [0.29, 0.717) is 31.4 Å². The van der Waals surface area contributed by atoms with Gasteiger partial charge in [0, 0.05) is 18.0 Å². The first-order chi connectivity index (χ1) is 8.02. The number of hydrogen-bond donors (Lipinski definition) is 0. The van der Waals surface area contributed by atoms with Gasteiger partial charge >= 0.3 is 6.18 Å². The fraction of sp³-hybridized carbons (Fsp3) is 0.600. The highest BCUT2D eigenvalue weighted by molar-refractivity contribution is 7.15. The molecular formula is C10H12F3N2OS. The van der Waals surface area contributed by atoms with Crippen LogP contribution in [0.3, 0.4) is 0 Å². The number of rotatable bonds is 2. The Hall–Kier alpha value is -0.820. The highest BCUT2D eigenvalue weighted by atomic mass is 32.1. The lowest BCUT2D eigenvalue weighted by Gasteiger charge is -2.26. The van der Waals surface area contributed by atoms with E-state index in [1.165, 1.54) is 0 Å². The van der Waals surface area contributed by atoms with Crippen LogP contribution in [-0.2, 0) is 17.3 Å². The van der Waals surface area contributed by atoms with Crippen molar-refractivity contribution in [3.05, 3.63) is 17.5 Å². The zero-order valence-electron chi connectivity index (χ0n) is 9.09. The maximum Gasteiger partial charge on any atom is 0.434 e. The lowest BCUT2D eigenvalue weighted by molar-refractivity contribution is -0.141. The van der Waals surface area contributed by atoms with Gasteiger partial charge < -0.3 is 9.64 Å². The number of thiazole rings is 1. The van der Waals surface area contributed by atoms with E-state index in [1.807, 2.05) is 4.90 Å². The minimum atomic E-state index is -4.39. The Morgan fingerprint density at radius 3 is 2.47 bits per heavy atom. The van der Waals surface area contributed by atoms with Gasteiger partial charge in [-0.3, -0.25) is 0 Å². The summed E-state index contributed by atoms with van der Waals surface area (Å²) in [5.74, 6) is 0. The third kappa shape index (κ3) is 2.71. The van der Waals surface area contributed by atoms with E-state index in [9.17, 15) is 13.2 Å². The van der Waals surface area contributed by atoms with Crippen LogP contribution in [0.15, 0.2) is 0 Å². The van der Waals surface area contributed by atoms with E-state index in [4.69, 9.17) is 4.74 Å². The van der Waals surface area contributed by atoms with Gasteiger partial charge in [0.15, 0.2) is 10.8 Å². The fourth-order valence-electron chi connectivity index (χ4n) is 1.62. The molecule has 2 rings (SSSR count). The Morgan fingerprint density at radius 2 is 2.00 bits per heavy atom. The molecule has 0 atom stereocenters. The summed E-state index contributed by atoms with van der Waals surface area (Å²) in [7, 11) is 0. The number of aromatic nitrogens is 1. The minimum absolute atomic E-state index is 0.108. The lowest BCUT2D eigenvalue weighted by atomic mass is 10.3. The maximum absolute atomic E-state index is 12.7. The Morgan fingerprint density at radius 1 is 1.35 bits per heavy atom. The van der Waals surface area contributed by atoms with Crippen LogP contribution >= 0.6 is 11.3 Å². The van der Waals surface area contributed by atoms with Gasteiger partial charge in [0.25, 0.3) is 0 Å². The van der Waals surface area contributed by atoms with Crippen LogP contribution in [0.4, 0.5) is 18.3 Å². The van der Waals surface area contributed by atoms with E-state index >= 15 is 0 Å². The second kappa shape index (κ2) is 4.81. The van der Waals surface area contributed by atoms with Crippen molar-refractivity contribution in [1.82, 2.24) is 4.98 Å². The minimum Gasteiger partial charge on any atom is -0.378 e.